The minimum Gasteiger partial charge on any atom is -0.348 e. The second-order valence-electron chi connectivity index (χ2n) is 4.70. The predicted molar refractivity (Wildman–Crippen MR) is 87.2 cm³/mol. The molecule has 0 heterocycles. The van der Waals surface area contributed by atoms with Crippen LogP contribution in [0.5, 0.6) is 0 Å². The fourth-order valence-corrected chi connectivity index (χ4v) is 3.04. The van der Waals surface area contributed by atoms with Gasteiger partial charge in [-0.05, 0) is 29.8 Å². The molecule has 1 amide bonds. The van der Waals surface area contributed by atoms with Crippen molar-refractivity contribution in [3.05, 3.63) is 63.6 Å². The molecule has 116 valence electrons. The van der Waals surface area contributed by atoms with E-state index in [4.69, 9.17) is 23.2 Å². The van der Waals surface area contributed by atoms with Crippen molar-refractivity contribution in [3.8, 4) is 0 Å². The third-order valence-electron chi connectivity index (χ3n) is 2.99. The molecular weight excluding hydrogens is 345 g/mol. The highest BCUT2D eigenvalue weighted by Crippen LogP contribution is 2.24. The molecule has 2 rings (SSSR count). The number of sulfone groups is 1. The number of hydrogen-bond acceptors (Lipinski definition) is 3. The molecule has 0 atom stereocenters. The van der Waals surface area contributed by atoms with E-state index in [1.54, 1.807) is 30.3 Å². The lowest BCUT2D eigenvalue weighted by atomic mass is 10.2. The molecule has 2 aromatic rings. The van der Waals surface area contributed by atoms with Gasteiger partial charge in [-0.3, -0.25) is 4.79 Å². The zero-order valence-electron chi connectivity index (χ0n) is 11.6. The maximum atomic E-state index is 12.1. The van der Waals surface area contributed by atoms with Crippen LogP contribution in [0.3, 0.4) is 0 Å². The molecule has 4 nitrogen and oxygen atoms in total. The summed E-state index contributed by atoms with van der Waals surface area (Å²) in [4.78, 5) is 12.3. The summed E-state index contributed by atoms with van der Waals surface area (Å²) in [5, 5.41) is 3.25. The summed E-state index contributed by atoms with van der Waals surface area (Å²) in [7, 11) is -3.23. The summed E-state index contributed by atoms with van der Waals surface area (Å²) >= 11 is 11.9. The summed E-state index contributed by atoms with van der Waals surface area (Å²) in [6.45, 7) is 0.241. The van der Waals surface area contributed by atoms with E-state index in [1.807, 2.05) is 0 Å². The van der Waals surface area contributed by atoms with Crippen molar-refractivity contribution in [2.75, 3.05) is 6.26 Å². The van der Waals surface area contributed by atoms with Crippen LogP contribution in [0, 0.1) is 0 Å². The number of nitrogens with one attached hydrogen (secondary N) is 1. The first-order valence-electron chi connectivity index (χ1n) is 6.30. The van der Waals surface area contributed by atoms with E-state index in [-0.39, 0.29) is 33.0 Å². The Bertz CT molecular complexity index is 782. The Morgan fingerprint density at radius 1 is 1.05 bits per heavy atom. The van der Waals surface area contributed by atoms with Crippen LogP contribution in [0.25, 0.3) is 0 Å². The lowest BCUT2D eigenvalue weighted by Crippen LogP contribution is -2.23. The largest absolute Gasteiger partial charge is 0.348 e. The van der Waals surface area contributed by atoms with E-state index in [1.165, 1.54) is 12.1 Å². The minimum absolute atomic E-state index is 0.221. The maximum absolute atomic E-state index is 12.1. The van der Waals surface area contributed by atoms with Crippen molar-refractivity contribution in [2.45, 2.75) is 11.4 Å². The van der Waals surface area contributed by atoms with E-state index in [2.05, 4.69) is 5.32 Å². The normalized spacial score (nSPS) is 11.2. The average Bonchev–Trinajstić information content (AvgIpc) is 2.44. The monoisotopic (exact) mass is 357 g/mol. The van der Waals surface area contributed by atoms with Gasteiger partial charge in [0.05, 0.1) is 20.5 Å². The van der Waals surface area contributed by atoms with Crippen LogP contribution in [0.2, 0.25) is 10.0 Å². The van der Waals surface area contributed by atoms with Crippen molar-refractivity contribution in [1.82, 2.24) is 5.32 Å². The zero-order valence-corrected chi connectivity index (χ0v) is 14.0. The van der Waals surface area contributed by atoms with Gasteiger partial charge >= 0.3 is 0 Å². The van der Waals surface area contributed by atoms with Gasteiger partial charge in [-0.1, -0.05) is 41.4 Å². The summed E-state index contributed by atoms with van der Waals surface area (Å²) in [5.74, 6) is -0.386. The summed E-state index contributed by atoms with van der Waals surface area (Å²) < 4.78 is 22.7. The summed E-state index contributed by atoms with van der Waals surface area (Å²) in [5.41, 5.74) is 0.988. The lowest BCUT2D eigenvalue weighted by Gasteiger charge is -2.09. The van der Waals surface area contributed by atoms with E-state index in [0.717, 1.165) is 11.8 Å². The van der Waals surface area contributed by atoms with E-state index >= 15 is 0 Å². The van der Waals surface area contributed by atoms with Crippen molar-refractivity contribution in [2.24, 2.45) is 0 Å². The van der Waals surface area contributed by atoms with Crippen LogP contribution in [-0.2, 0) is 16.4 Å². The van der Waals surface area contributed by atoms with Crippen LogP contribution in [-0.4, -0.2) is 20.6 Å². The first-order chi connectivity index (χ1) is 10.3. The molecule has 0 radical (unpaired) electrons. The summed E-state index contributed by atoms with van der Waals surface area (Å²) in [6, 6.07) is 11.1. The topological polar surface area (TPSA) is 63.2 Å². The molecule has 0 bridgehead atoms. The Kier molecular flexibility index (Phi) is 5.11. The number of amides is 1. The number of rotatable bonds is 4. The minimum atomic E-state index is -3.23. The fraction of sp³-hybridized carbons (Fsp3) is 0.133. The number of benzene rings is 2. The summed E-state index contributed by atoms with van der Waals surface area (Å²) in [6.07, 6.45) is 1.14. The molecule has 0 aromatic heterocycles. The van der Waals surface area contributed by atoms with Gasteiger partial charge in [0.1, 0.15) is 0 Å². The highest BCUT2D eigenvalue weighted by molar-refractivity contribution is 7.90. The Balaban J connectivity index is 2.09. The smallest absolute Gasteiger partial charge is 0.254 e. The SMILES string of the molecule is CS(=O)(=O)c1ccc(CNC(=O)c2c(Cl)cccc2Cl)cc1. The van der Waals surface area contributed by atoms with Gasteiger partial charge < -0.3 is 5.32 Å². The van der Waals surface area contributed by atoms with Gasteiger partial charge in [-0.2, -0.15) is 0 Å². The molecule has 0 aliphatic rings. The lowest BCUT2D eigenvalue weighted by molar-refractivity contribution is 0.0951. The van der Waals surface area contributed by atoms with Crippen molar-refractivity contribution >= 4 is 38.9 Å². The van der Waals surface area contributed by atoms with Crippen molar-refractivity contribution in [3.63, 3.8) is 0 Å². The molecule has 0 spiro atoms. The van der Waals surface area contributed by atoms with Gasteiger partial charge in [0, 0.05) is 12.8 Å². The van der Waals surface area contributed by atoms with Gasteiger partial charge in [-0.15, -0.1) is 0 Å². The first kappa shape index (κ1) is 16.8. The fourth-order valence-electron chi connectivity index (χ4n) is 1.84. The molecular formula is C15H13Cl2NO3S. The van der Waals surface area contributed by atoms with Gasteiger partial charge in [-0.25, -0.2) is 8.42 Å². The zero-order chi connectivity index (χ0) is 16.3. The van der Waals surface area contributed by atoms with Gasteiger partial charge in [0.2, 0.25) is 0 Å². The van der Waals surface area contributed by atoms with Gasteiger partial charge in [0.25, 0.3) is 5.91 Å². The standard InChI is InChI=1S/C15H13Cl2NO3S/c1-22(20,21)11-7-5-10(6-8-11)9-18-15(19)14-12(16)3-2-4-13(14)17/h2-8H,9H2,1H3,(H,18,19). The number of carbonyl (C=O) groups excluding carboxylic acids is 1. The molecule has 0 aliphatic heterocycles. The molecule has 0 unspecified atom stereocenters. The van der Waals surface area contributed by atoms with Crippen LogP contribution < -0.4 is 5.32 Å². The van der Waals surface area contributed by atoms with E-state index in [9.17, 15) is 13.2 Å². The Morgan fingerprint density at radius 3 is 2.09 bits per heavy atom. The molecule has 22 heavy (non-hydrogen) atoms. The van der Waals surface area contributed by atoms with Crippen LogP contribution in [0.4, 0.5) is 0 Å². The van der Waals surface area contributed by atoms with Gasteiger partial charge in [0.15, 0.2) is 9.84 Å². The van der Waals surface area contributed by atoms with E-state index < -0.39 is 9.84 Å². The van der Waals surface area contributed by atoms with Crippen LogP contribution >= 0.6 is 23.2 Å². The van der Waals surface area contributed by atoms with Crippen molar-refractivity contribution in [1.29, 1.82) is 0 Å². The molecule has 0 aliphatic carbocycles. The third-order valence-corrected chi connectivity index (χ3v) is 4.75. The maximum Gasteiger partial charge on any atom is 0.254 e. The van der Waals surface area contributed by atoms with Crippen LogP contribution in [0.1, 0.15) is 15.9 Å². The predicted octanol–water partition coefficient (Wildman–Crippen LogP) is 3.33. The third kappa shape index (κ3) is 4.00. The second kappa shape index (κ2) is 6.69. The highest BCUT2D eigenvalue weighted by atomic mass is 35.5. The Labute approximate surface area is 139 Å². The van der Waals surface area contributed by atoms with Crippen LogP contribution in [0.15, 0.2) is 47.4 Å². The average molecular weight is 358 g/mol. The van der Waals surface area contributed by atoms with E-state index in [0.29, 0.717) is 0 Å². The molecule has 2 aromatic carbocycles. The molecule has 7 heteroatoms. The number of hydrogen-bond donors (Lipinski definition) is 1. The highest BCUT2D eigenvalue weighted by Gasteiger charge is 2.14. The number of halogens is 2. The van der Waals surface area contributed by atoms with Crippen molar-refractivity contribution < 1.29 is 13.2 Å². The number of carbonyl (C=O) groups is 1. The Hall–Kier alpha value is -1.56. The second-order valence-corrected chi connectivity index (χ2v) is 7.53. The quantitative estimate of drug-likeness (QED) is 0.912. The molecule has 1 N–H and O–H groups in total. The molecule has 0 fully saturated rings. The molecule has 0 saturated heterocycles. The Morgan fingerprint density at radius 2 is 1.59 bits per heavy atom. The first-order valence-corrected chi connectivity index (χ1v) is 8.95. The molecule has 0 saturated carbocycles.